The van der Waals surface area contributed by atoms with Crippen molar-refractivity contribution in [3.05, 3.63) is 64.8 Å². The molecule has 2 aromatic rings. The molecule has 0 saturated heterocycles. The lowest BCUT2D eigenvalue weighted by atomic mass is 10.0. The highest BCUT2D eigenvalue weighted by atomic mass is 35.5. The fraction of sp³-hybridized carbons (Fsp3) is 0.167. The summed E-state index contributed by atoms with van der Waals surface area (Å²) in [5.74, 6) is 1.46. The van der Waals surface area contributed by atoms with Gasteiger partial charge in [-0.05, 0) is 42.3 Å². The molecule has 0 saturated carbocycles. The van der Waals surface area contributed by atoms with Gasteiger partial charge in [0.05, 0.1) is 5.70 Å². The molecule has 0 radical (unpaired) electrons. The van der Waals surface area contributed by atoms with Crippen LogP contribution in [0, 0.1) is 0 Å². The Morgan fingerprint density at radius 2 is 1.95 bits per heavy atom. The van der Waals surface area contributed by atoms with E-state index in [0.717, 1.165) is 36.1 Å². The first kappa shape index (κ1) is 14.7. The molecule has 1 aliphatic heterocycles. The van der Waals surface area contributed by atoms with Gasteiger partial charge < -0.3 is 9.64 Å². The highest BCUT2D eigenvalue weighted by Gasteiger charge is 2.23. The number of hydrogen-bond donors (Lipinski definition) is 0. The molecule has 0 aromatic heterocycles. The molecule has 2 aromatic carbocycles. The molecule has 4 heteroatoms. The van der Waals surface area contributed by atoms with Crippen LogP contribution in [-0.4, -0.2) is 24.8 Å². The first-order valence-electron chi connectivity index (χ1n) is 7.11. The third kappa shape index (κ3) is 2.85. The summed E-state index contributed by atoms with van der Waals surface area (Å²) in [5.41, 5.74) is 2.55. The quantitative estimate of drug-likeness (QED) is 0.785. The number of benzene rings is 2. The van der Waals surface area contributed by atoms with Crippen LogP contribution in [0.2, 0.25) is 5.02 Å². The first-order chi connectivity index (χ1) is 10.7. The molecule has 22 heavy (non-hydrogen) atoms. The Morgan fingerprint density at radius 3 is 2.68 bits per heavy atom. The van der Waals surface area contributed by atoms with Crippen molar-refractivity contribution in [2.24, 2.45) is 0 Å². The zero-order valence-corrected chi connectivity index (χ0v) is 13.0. The summed E-state index contributed by atoms with van der Waals surface area (Å²) in [7, 11) is 1.92. The predicted octanol–water partition coefficient (Wildman–Crippen LogP) is 4.38. The second-order valence-corrected chi connectivity index (χ2v) is 5.65. The Hall–Kier alpha value is -2.26. The van der Waals surface area contributed by atoms with Crippen LogP contribution in [0.4, 0.5) is 0 Å². The van der Waals surface area contributed by atoms with Crippen molar-refractivity contribution in [1.82, 2.24) is 4.90 Å². The van der Waals surface area contributed by atoms with Gasteiger partial charge in [-0.15, -0.1) is 0 Å². The van der Waals surface area contributed by atoms with Gasteiger partial charge in [-0.3, -0.25) is 4.79 Å². The molecule has 0 unspecified atom stereocenters. The molecule has 0 atom stereocenters. The van der Waals surface area contributed by atoms with E-state index in [4.69, 9.17) is 16.3 Å². The van der Waals surface area contributed by atoms with E-state index in [1.54, 1.807) is 6.07 Å². The van der Waals surface area contributed by atoms with Crippen LogP contribution in [0.3, 0.4) is 0 Å². The summed E-state index contributed by atoms with van der Waals surface area (Å²) in [5, 5.41) is 0.628. The van der Waals surface area contributed by atoms with Crippen molar-refractivity contribution in [3.63, 3.8) is 0 Å². The number of aldehydes is 1. The van der Waals surface area contributed by atoms with Gasteiger partial charge in [0.1, 0.15) is 11.5 Å². The van der Waals surface area contributed by atoms with Crippen molar-refractivity contribution >= 4 is 23.5 Å². The fourth-order valence-electron chi connectivity index (χ4n) is 2.63. The third-order valence-corrected chi connectivity index (χ3v) is 4.00. The van der Waals surface area contributed by atoms with Crippen LogP contribution in [0.25, 0.3) is 5.57 Å². The zero-order chi connectivity index (χ0) is 15.5. The number of rotatable bonds is 4. The maximum Gasteiger partial charge on any atom is 0.166 e. The maximum atomic E-state index is 11.4. The maximum absolute atomic E-state index is 11.4. The highest BCUT2D eigenvalue weighted by molar-refractivity contribution is 6.30. The molecule has 0 N–H and O–H groups in total. The number of hydrogen-bond acceptors (Lipinski definition) is 3. The number of ether oxygens (including phenoxy) is 1. The lowest BCUT2D eigenvalue weighted by molar-refractivity contribution is -0.105. The molecule has 3 rings (SSSR count). The van der Waals surface area contributed by atoms with Crippen LogP contribution in [0.5, 0.6) is 11.5 Å². The third-order valence-electron chi connectivity index (χ3n) is 3.77. The van der Waals surface area contributed by atoms with Gasteiger partial charge in [-0.25, -0.2) is 0 Å². The normalized spacial score (nSPS) is 14.4. The summed E-state index contributed by atoms with van der Waals surface area (Å²) < 4.78 is 5.98. The monoisotopic (exact) mass is 313 g/mol. The first-order valence-corrected chi connectivity index (χ1v) is 7.49. The Balaban J connectivity index is 2.06. The number of carbonyl (C=O) groups excluding carboxylic acids is 1. The molecule has 0 spiro atoms. The minimum Gasteiger partial charge on any atom is -0.457 e. The van der Waals surface area contributed by atoms with Gasteiger partial charge in [-0.2, -0.15) is 0 Å². The second kappa shape index (κ2) is 6.24. The highest BCUT2D eigenvalue weighted by Crippen LogP contribution is 2.38. The summed E-state index contributed by atoms with van der Waals surface area (Å²) >= 11 is 6.15. The SMILES string of the molecule is CN1CCC(c2cc(Cl)ccc2Oc2ccccc2)=C1C=O. The molecule has 0 bridgehead atoms. The van der Waals surface area contributed by atoms with E-state index in [9.17, 15) is 4.79 Å². The van der Waals surface area contributed by atoms with Gasteiger partial charge in [0.15, 0.2) is 6.29 Å². The van der Waals surface area contributed by atoms with Crippen LogP contribution < -0.4 is 4.74 Å². The standard InChI is InChI=1S/C18H16ClNO2/c1-20-10-9-15(17(20)12-21)16-11-13(19)7-8-18(16)22-14-5-3-2-4-6-14/h2-8,11-12H,9-10H2,1H3. The van der Waals surface area contributed by atoms with Crippen LogP contribution in [0.1, 0.15) is 12.0 Å². The summed E-state index contributed by atoms with van der Waals surface area (Å²) in [4.78, 5) is 13.3. The predicted molar refractivity (Wildman–Crippen MR) is 88.2 cm³/mol. The number of allylic oxidation sites excluding steroid dienone is 1. The van der Waals surface area contributed by atoms with E-state index < -0.39 is 0 Å². The Bertz CT molecular complexity index is 725. The minimum absolute atomic E-state index is 0.628. The number of nitrogens with zero attached hydrogens (tertiary/aromatic N) is 1. The Morgan fingerprint density at radius 1 is 1.18 bits per heavy atom. The van der Waals surface area contributed by atoms with E-state index in [2.05, 4.69) is 0 Å². The smallest absolute Gasteiger partial charge is 0.166 e. The zero-order valence-electron chi connectivity index (χ0n) is 12.3. The van der Waals surface area contributed by atoms with Gasteiger partial charge in [0.2, 0.25) is 0 Å². The number of carbonyl (C=O) groups is 1. The molecule has 0 fully saturated rings. The number of likely N-dealkylation sites (N-methyl/N-ethyl adjacent to an activating group) is 1. The number of para-hydroxylation sites is 1. The molecule has 1 aliphatic rings. The topological polar surface area (TPSA) is 29.5 Å². The summed E-state index contributed by atoms with van der Waals surface area (Å²) in [6.07, 6.45) is 1.70. The summed E-state index contributed by atoms with van der Waals surface area (Å²) in [6.45, 7) is 0.820. The molecule has 3 nitrogen and oxygen atoms in total. The van der Waals surface area contributed by atoms with Gasteiger partial charge in [0, 0.05) is 24.2 Å². The van der Waals surface area contributed by atoms with Crippen LogP contribution in [-0.2, 0) is 4.79 Å². The molecule has 0 amide bonds. The van der Waals surface area contributed by atoms with E-state index in [1.807, 2.05) is 54.4 Å². The van der Waals surface area contributed by atoms with Gasteiger partial charge >= 0.3 is 0 Å². The van der Waals surface area contributed by atoms with E-state index in [1.165, 1.54) is 0 Å². The Labute approximate surface area is 134 Å². The number of halogens is 1. The van der Waals surface area contributed by atoms with Crippen LogP contribution in [0.15, 0.2) is 54.2 Å². The summed E-state index contributed by atoms with van der Waals surface area (Å²) in [6, 6.07) is 15.1. The van der Waals surface area contributed by atoms with E-state index in [0.29, 0.717) is 16.5 Å². The molecule has 1 heterocycles. The minimum atomic E-state index is 0.628. The Kier molecular flexibility index (Phi) is 4.16. The largest absolute Gasteiger partial charge is 0.457 e. The van der Waals surface area contributed by atoms with Gasteiger partial charge in [0.25, 0.3) is 0 Å². The van der Waals surface area contributed by atoms with E-state index in [-0.39, 0.29) is 0 Å². The lowest BCUT2D eigenvalue weighted by Gasteiger charge is -2.14. The molecular weight excluding hydrogens is 298 g/mol. The molecular formula is C18H16ClNO2. The fourth-order valence-corrected chi connectivity index (χ4v) is 2.81. The average Bonchev–Trinajstić information content (AvgIpc) is 2.91. The van der Waals surface area contributed by atoms with Crippen molar-refractivity contribution in [3.8, 4) is 11.5 Å². The molecule has 0 aliphatic carbocycles. The lowest BCUT2D eigenvalue weighted by Crippen LogP contribution is -2.13. The second-order valence-electron chi connectivity index (χ2n) is 5.21. The molecule has 112 valence electrons. The van der Waals surface area contributed by atoms with Crippen LogP contribution >= 0.6 is 11.6 Å². The van der Waals surface area contributed by atoms with Crippen molar-refractivity contribution in [1.29, 1.82) is 0 Å². The van der Waals surface area contributed by atoms with Gasteiger partial charge in [-0.1, -0.05) is 29.8 Å². The average molecular weight is 314 g/mol. The van der Waals surface area contributed by atoms with Crippen molar-refractivity contribution in [2.75, 3.05) is 13.6 Å². The van der Waals surface area contributed by atoms with E-state index >= 15 is 0 Å². The van der Waals surface area contributed by atoms with Crippen molar-refractivity contribution in [2.45, 2.75) is 6.42 Å². The van der Waals surface area contributed by atoms with Crippen molar-refractivity contribution < 1.29 is 9.53 Å².